The number of anilines is 1. The van der Waals surface area contributed by atoms with Crippen LogP contribution in [0.1, 0.15) is 16.7 Å². The molecule has 3 aromatic rings. The molecule has 1 aliphatic heterocycles. The van der Waals surface area contributed by atoms with Crippen LogP contribution in [0.25, 0.3) is 5.57 Å². The second kappa shape index (κ2) is 8.62. The van der Waals surface area contributed by atoms with Crippen LogP contribution in [0.4, 0.5) is 5.69 Å². The van der Waals surface area contributed by atoms with E-state index in [0.717, 1.165) is 11.1 Å². The molecule has 0 fully saturated rings. The van der Waals surface area contributed by atoms with Crippen LogP contribution in [0.2, 0.25) is 5.02 Å². The second-order valence-corrected chi connectivity index (χ2v) is 7.48. The predicted octanol–water partition coefficient (Wildman–Crippen LogP) is 4.44. The molecule has 0 unspecified atom stereocenters. The molecule has 0 bridgehead atoms. The highest BCUT2D eigenvalue weighted by atomic mass is 35.5. The van der Waals surface area contributed by atoms with Gasteiger partial charge in [-0.05, 0) is 60.0 Å². The molecule has 1 aliphatic rings. The van der Waals surface area contributed by atoms with E-state index in [-0.39, 0.29) is 18.1 Å². The molecule has 2 aromatic carbocycles. The van der Waals surface area contributed by atoms with Gasteiger partial charge in [0.25, 0.3) is 11.8 Å². The first kappa shape index (κ1) is 20.6. The Morgan fingerprint density at radius 3 is 2.39 bits per heavy atom. The van der Waals surface area contributed by atoms with Crippen molar-refractivity contribution in [3.8, 4) is 5.75 Å². The van der Waals surface area contributed by atoms with Crippen molar-refractivity contribution in [1.29, 1.82) is 0 Å². The highest BCUT2D eigenvalue weighted by Gasteiger charge is 2.39. The van der Waals surface area contributed by atoms with Gasteiger partial charge in [0, 0.05) is 23.1 Å². The number of aromatic nitrogens is 1. The van der Waals surface area contributed by atoms with Gasteiger partial charge >= 0.3 is 0 Å². The van der Waals surface area contributed by atoms with Gasteiger partial charge in [-0.2, -0.15) is 0 Å². The Morgan fingerprint density at radius 2 is 1.71 bits per heavy atom. The second-order valence-electron chi connectivity index (χ2n) is 7.07. The number of ether oxygens (including phenoxy) is 1. The minimum absolute atomic E-state index is 0.152. The SMILES string of the molecule is COc1ccc(C2=C(Nc3cccc(Cl)c3C)C(=O)N(Cc3ccncc3)C2=O)cc1. The lowest BCUT2D eigenvalue weighted by Crippen LogP contribution is -2.32. The summed E-state index contributed by atoms with van der Waals surface area (Å²) in [5, 5.41) is 3.73. The summed E-state index contributed by atoms with van der Waals surface area (Å²) < 4.78 is 5.22. The number of benzene rings is 2. The average molecular weight is 434 g/mol. The zero-order chi connectivity index (χ0) is 22.0. The normalized spacial score (nSPS) is 13.7. The third-order valence-corrected chi connectivity index (χ3v) is 5.57. The molecule has 4 rings (SSSR count). The smallest absolute Gasteiger partial charge is 0.278 e. The van der Waals surface area contributed by atoms with E-state index in [1.54, 1.807) is 68.0 Å². The van der Waals surface area contributed by atoms with Gasteiger partial charge in [-0.25, -0.2) is 0 Å². The predicted molar refractivity (Wildman–Crippen MR) is 120 cm³/mol. The Balaban J connectivity index is 1.77. The van der Waals surface area contributed by atoms with Crippen LogP contribution in [-0.4, -0.2) is 28.8 Å². The van der Waals surface area contributed by atoms with Crippen LogP contribution in [-0.2, 0) is 16.1 Å². The maximum absolute atomic E-state index is 13.4. The maximum atomic E-state index is 13.4. The van der Waals surface area contributed by atoms with Gasteiger partial charge < -0.3 is 10.1 Å². The summed E-state index contributed by atoms with van der Waals surface area (Å²) in [6.45, 7) is 2.01. The molecule has 2 amide bonds. The van der Waals surface area contributed by atoms with Crippen LogP contribution in [0, 0.1) is 6.92 Å². The third kappa shape index (κ3) is 4.02. The van der Waals surface area contributed by atoms with E-state index in [1.807, 2.05) is 13.0 Å². The van der Waals surface area contributed by atoms with Gasteiger partial charge in [-0.3, -0.25) is 19.5 Å². The average Bonchev–Trinajstić information content (AvgIpc) is 3.02. The number of hydrogen-bond donors (Lipinski definition) is 1. The number of amides is 2. The number of pyridine rings is 1. The zero-order valence-electron chi connectivity index (χ0n) is 17.1. The minimum atomic E-state index is -0.396. The van der Waals surface area contributed by atoms with E-state index in [9.17, 15) is 9.59 Å². The number of halogens is 1. The standard InChI is InChI=1S/C24H20ClN3O3/c1-15-19(25)4-3-5-20(15)27-22-21(17-6-8-18(31-2)9-7-17)23(29)28(24(22)30)14-16-10-12-26-13-11-16/h3-13,27H,14H2,1-2H3. The van der Waals surface area contributed by atoms with Crippen molar-refractivity contribution < 1.29 is 14.3 Å². The molecule has 0 atom stereocenters. The summed E-state index contributed by atoms with van der Waals surface area (Å²) >= 11 is 6.25. The van der Waals surface area contributed by atoms with Gasteiger partial charge in [0.2, 0.25) is 0 Å². The fraction of sp³-hybridized carbons (Fsp3) is 0.125. The van der Waals surface area contributed by atoms with Crippen LogP contribution in [0.3, 0.4) is 0 Å². The van der Waals surface area contributed by atoms with E-state index in [2.05, 4.69) is 10.3 Å². The van der Waals surface area contributed by atoms with E-state index < -0.39 is 5.91 Å². The highest BCUT2D eigenvalue weighted by Crippen LogP contribution is 2.34. The Kier molecular flexibility index (Phi) is 5.73. The van der Waals surface area contributed by atoms with Crippen LogP contribution < -0.4 is 10.1 Å². The molecular formula is C24H20ClN3O3. The number of hydrogen-bond acceptors (Lipinski definition) is 5. The van der Waals surface area contributed by atoms with E-state index >= 15 is 0 Å². The lowest BCUT2D eigenvalue weighted by molar-refractivity contribution is -0.137. The van der Waals surface area contributed by atoms with E-state index in [4.69, 9.17) is 16.3 Å². The molecule has 1 N–H and O–H groups in total. The van der Waals surface area contributed by atoms with Crippen LogP contribution in [0.15, 0.2) is 72.7 Å². The molecule has 1 aromatic heterocycles. The summed E-state index contributed by atoms with van der Waals surface area (Å²) in [6, 6.07) is 16.0. The molecular weight excluding hydrogens is 414 g/mol. The summed E-state index contributed by atoms with van der Waals surface area (Å²) in [7, 11) is 1.57. The highest BCUT2D eigenvalue weighted by molar-refractivity contribution is 6.36. The molecule has 31 heavy (non-hydrogen) atoms. The van der Waals surface area contributed by atoms with Crippen molar-refractivity contribution in [2.75, 3.05) is 12.4 Å². The van der Waals surface area contributed by atoms with Gasteiger partial charge in [-0.15, -0.1) is 0 Å². The number of methoxy groups -OCH3 is 1. The number of carbonyl (C=O) groups excluding carboxylic acids is 2. The molecule has 0 spiro atoms. The van der Waals surface area contributed by atoms with E-state index in [1.165, 1.54) is 4.90 Å². The van der Waals surface area contributed by atoms with Crippen molar-refractivity contribution >= 4 is 34.7 Å². The lowest BCUT2D eigenvalue weighted by Gasteiger charge is -2.16. The van der Waals surface area contributed by atoms with Crippen molar-refractivity contribution in [3.63, 3.8) is 0 Å². The lowest BCUT2D eigenvalue weighted by atomic mass is 10.0. The molecule has 0 saturated heterocycles. The van der Waals surface area contributed by atoms with Crippen molar-refractivity contribution in [2.45, 2.75) is 13.5 Å². The van der Waals surface area contributed by atoms with Gasteiger partial charge in [0.1, 0.15) is 11.4 Å². The quantitative estimate of drug-likeness (QED) is 0.582. The Labute approximate surface area is 185 Å². The minimum Gasteiger partial charge on any atom is -0.497 e. The molecule has 6 nitrogen and oxygen atoms in total. The molecule has 0 saturated carbocycles. The molecule has 0 radical (unpaired) electrons. The maximum Gasteiger partial charge on any atom is 0.278 e. The van der Waals surface area contributed by atoms with Gasteiger partial charge in [0.15, 0.2) is 0 Å². The van der Waals surface area contributed by atoms with Crippen molar-refractivity contribution in [1.82, 2.24) is 9.88 Å². The van der Waals surface area contributed by atoms with Crippen molar-refractivity contribution in [2.24, 2.45) is 0 Å². The number of nitrogens with one attached hydrogen (secondary N) is 1. The first-order chi connectivity index (χ1) is 15.0. The molecule has 2 heterocycles. The number of rotatable bonds is 6. The van der Waals surface area contributed by atoms with E-state index in [0.29, 0.717) is 27.6 Å². The third-order valence-electron chi connectivity index (χ3n) is 5.16. The largest absolute Gasteiger partial charge is 0.497 e. The number of carbonyl (C=O) groups is 2. The first-order valence-electron chi connectivity index (χ1n) is 9.65. The molecule has 7 heteroatoms. The fourth-order valence-electron chi connectivity index (χ4n) is 3.41. The monoisotopic (exact) mass is 433 g/mol. The number of nitrogens with zero attached hydrogens (tertiary/aromatic N) is 2. The fourth-order valence-corrected chi connectivity index (χ4v) is 3.58. The zero-order valence-corrected chi connectivity index (χ0v) is 17.8. The van der Waals surface area contributed by atoms with Crippen LogP contribution in [0.5, 0.6) is 5.75 Å². The Morgan fingerprint density at radius 1 is 1.00 bits per heavy atom. The van der Waals surface area contributed by atoms with Crippen LogP contribution >= 0.6 is 11.6 Å². The van der Waals surface area contributed by atoms with Gasteiger partial charge in [0.05, 0.1) is 19.2 Å². The summed E-state index contributed by atoms with van der Waals surface area (Å²) in [6.07, 6.45) is 3.26. The number of imide groups is 1. The van der Waals surface area contributed by atoms with Gasteiger partial charge in [-0.1, -0.05) is 29.8 Å². The first-order valence-corrected chi connectivity index (χ1v) is 10.0. The summed E-state index contributed by atoms with van der Waals surface area (Å²) in [5.41, 5.74) is 3.42. The Hall–Kier alpha value is -3.64. The topological polar surface area (TPSA) is 71.5 Å². The summed E-state index contributed by atoms with van der Waals surface area (Å²) in [5.74, 6) is -0.101. The molecule has 156 valence electrons. The van der Waals surface area contributed by atoms with Crippen molar-refractivity contribution in [3.05, 3.63) is 94.4 Å². The summed E-state index contributed by atoms with van der Waals surface area (Å²) in [4.78, 5) is 31.9. The molecule has 0 aliphatic carbocycles. The Bertz CT molecular complexity index is 1170.